The maximum atomic E-state index is 6.01. The number of allylic oxidation sites excluding steroid dienone is 1. The molecule has 0 atom stereocenters. The third-order valence-corrected chi connectivity index (χ3v) is 5.73. The molecule has 0 aliphatic heterocycles. The molecular formula is C22H21ClN8OS. The minimum Gasteiger partial charge on any atom is -0.495 e. The minimum atomic E-state index is 0.118. The number of halogens is 1. The van der Waals surface area contributed by atoms with Crippen LogP contribution < -0.4 is 15.8 Å². The standard InChI is InChI=1S/C22H21ClN8OS/c1-3-12-31-19(14-8-10-15(23)11-9-14)29-30-22(31)33-13-18-26-20(24)28-21(27-18)25-16-6-4-5-7-17(16)32-2/h3-11H,1,12-13H2,2H3,(H3,24,25,26,27,28). The molecule has 0 unspecified atom stereocenters. The highest BCUT2D eigenvalue weighted by molar-refractivity contribution is 7.98. The van der Waals surface area contributed by atoms with Crippen LogP contribution in [0.15, 0.2) is 66.3 Å². The van der Waals surface area contributed by atoms with Gasteiger partial charge < -0.3 is 15.8 Å². The molecule has 4 rings (SSSR count). The van der Waals surface area contributed by atoms with Crippen molar-refractivity contribution in [2.45, 2.75) is 17.5 Å². The summed E-state index contributed by atoms with van der Waals surface area (Å²) in [5.74, 6) is 2.77. The highest BCUT2D eigenvalue weighted by Crippen LogP contribution is 2.28. The van der Waals surface area contributed by atoms with E-state index in [0.717, 1.165) is 17.1 Å². The first-order valence-corrected chi connectivity index (χ1v) is 11.3. The quantitative estimate of drug-likeness (QED) is 0.262. The van der Waals surface area contributed by atoms with E-state index in [-0.39, 0.29) is 5.95 Å². The van der Waals surface area contributed by atoms with Gasteiger partial charge in [0.2, 0.25) is 11.9 Å². The van der Waals surface area contributed by atoms with E-state index < -0.39 is 0 Å². The monoisotopic (exact) mass is 480 g/mol. The Morgan fingerprint density at radius 3 is 2.67 bits per heavy atom. The van der Waals surface area contributed by atoms with Gasteiger partial charge in [-0.25, -0.2) is 0 Å². The molecule has 0 radical (unpaired) electrons. The number of benzene rings is 2. The molecule has 168 valence electrons. The number of para-hydroxylation sites is 2. The van der Waals surface area contributed by atoms with E-state index in [1.807, 2.05) is 53.1 Å². The lowest BCUT2D eigenvalue weighted by Crippen LogP contribution is -2.07. The van der Waals surface area contributed by atoms with Crippen LogP contribution >= 0.6 is 23.4 Å². The number of hydrogen-bond donors (Lipinski definition) is 2. The number of nitrogens with one attached hydrogen (secondary N) is 1. The zero-order valence-electron chi connectivity index (χ0n) is 17.8. The third kappa shape index (κ3) is 5.41. The number of thioether (sulfide) groups is 1. The second kappa shape index (κ2) is 10.3. The first kappa shape index (κ1) is 22.6. The summed E-state index contributed by atoms with van der Waals surface area (Å²) in [6.45, 7) is 4.40. The molecule has 2 aromatic heterocycles. The Morgan fingerprint density at radius 1 is 1.12 bits per heavy atom. The molecule has 0 aliphatic rings. The van der Waals surface area contributed by atoms with Crippen LogP contribution in [-0.2, 0) is 12.3 Å². The summed E-state index contributed by atoms with van der Waals surface area (Å²) in [4.78, 5) is 12.9. The number of hydrogen-bond acceptors (Lipinski definition) is 9. The molecule has 33 heavy (non-hydrogen) atoms. The van der Waals surface area contributed by atoms with Crippen molar-refractivity contribution in [2.24, 2.45) is 0 Å². The number of methoxy groups -OCH3 is 1. The SMILES string of the molecule is C=CCn1c(SCc2nc(N)nc(Nc3ccccc3OC)n2)nnc1-c1ccc(Cl)cc1. The van der Waals surface area contributed by atoms with Crippen LogP contribution in [0.2, 0.25) is 5.02 Å². The van der Waals surface area contributed by atoms with Crippen molar-refractivity contribution in [1.29, 1.82) is 0 Å². The van der Waals surface area contributed by atoms with Gasteiger partial charge in [0.05, 0.1) is 18.6 Å². The fourth-order valence-electron chi connectivity index (χ4n) is 3.06. The third-order valence-electron chi connectivity index (χ3n) is 4.51. The highest BCUT2D eigenvalue weighted by atomic mass is 35.5. The first-order valence-electron chi connectivity index (χ1n) is 9.90. The van der Waals surface area contributed by atoms with Crippen LogP contribution in [0.4, 0.5) is 17.6 Å². The second-order valence-corrected chi connectivity index (χ2v) is 8.14. The van der Waals surface area contributed by atoms with Crippen LogP contribution in [0.3, 0.4) is 0 Å². The van der Waals surface area contributed by atoms with Gasteiger partial charge in [-0.3, -0.25) is 4.57 Å². The Labute approximate surface area is 200 Å². The van der Waals surface area contributed by atoms with Gasteiger partial charge in [0.15, 0.2) is 11.0 Å². The lowest BCUT2D eigenvalue weighted by Gasteiger charge is -2.11. The normalized spacial score (nSPS) is 10.7. The molecule has 9 nitrogen and oxygen atoms in total. The van der Waals surface area contributed by atoms with Crippen LogP contribution in [0.25, 0.3) is 11.4 Å². The van der Waals surface area contributed by atoms with Gasteiger partial charge in [-0.15, -0.1) is 16.8 Å². The summed E-state index contributed by atoms with van der Waals surface area (Å²) < 4.78 is 7.33. The number of nitrogens with zero attached hydrogens (tertiary/aromatic N) is 6. The topological polar surface area (TPSA) is 117 Å². The molecule has 0 aliphatic carbocycles. The Morgan fingerprint density at radius 2 is 1.91 bits per heavy atom. The van der Waals surface area contributed by atoms with Gasteiger partial charge >= 0.3 is 0 Å². The maximum absolute atomic E-state index is 6.01. The highest BCUT2D eigenvalue weighted by Gasteiger charge is 2.15. The van der Waals surface area contributed by atoms with Crippen molar-refractivity contribution in [3.63, 3.8) is 0 Å². The molecular weight excluding hydrogens is 460 g/mol. The first-order chi connectivity index (χ1) is 16.1. The van der Waals surface area contributed by atoms with E-state index >= 15 is 0 Å². The molecule has 0 saturated heterocycles. The smallest absolute Gasteiger partial charge is 0.232 e. The molecule has 0 fully saturated rings. The van der Waals surface area contributed by atoms with Crippen LogP contribution in [-0.4, -0.2) is 36.8 Å². The number of nitrogens with two attached hydrogens (primary N) is 1. The molecule has 0 bridgehead atoms. The van der Waals surface area contributed by atoms with Gasteiger partial charge in [0.1, 0.15) is 11.6 Å². The van der Waals surface area contributed by atoms with Crippen molar-refractivity contribution >= 4 is 40.9 Å². The van der Waals surface area contributed by atoms with Gasteiger partial charge in [-0.2, -0.15) is 15.0 Å². The zero-order chi connectivity index (χ0) is 23.2. The number of ether oxygens (including phenoxy) is 1. The summed E-state index contributed by atoms with van der Waals surface area (Å²) in [7, 11) is 1.60. The number of anilines is 3. The summed E-state index contributed by atoms with van der Waals surface area (Å²) in [6, 6.07) is 14.9. The van der Waals surface area contributed by atoms with E-state index in [0.29, 0.717) is 40.0 Å². The average molecular weight is 481 g/mol. The predicted octanol–water partition coefficient (Wildman–Crippen LogP) is 4.60. The number of aromatic nitrogens is 6. The molecule has 0 amide bonds. The summed E-state index contributed by atoms with van der Waals surface area (Å²) >= 11 is 7.46. The number of rotatable bonds is 9. The summed E-state index contributed by atoms with van der Waals surface area (Å²) in [6.07, 6.45) is 1.79. The molecule has 0 saturated carbocycles. The van der Waals surface area contributed by atoms with Gasteiger partial charge in [-0.1, -0.05) is 41.6 Å². The molecule has 0 spiro atoms. The van der Waals surface area contributed by atoms with Crippen LogP contribution in [0.5, 0.6) is 5.75 Å². The fourth-order valence-corrected chi connectivity index (χ4v) is 3.99. The fraction of sp³-hybridized carbons (Fsp3) is 0.136. The zero-order valence-corrected chi connectivity index (χ0v) is 19.3. The van der Waals surface area contributed by atoms with E-state index in [2.05, 4.69) is 37.0 Å². The molecule has 4 aromatic rings. The Hall–Kier alpha value is -3.63. The Bertz CT molecular complexity index is 1260. The Kier molecular flexibility index (Phi) is 7.06. The molecule has 2 heterocycles. The van der Waals surface area contributed by atoms with Crippen molar-refractivity contribution in [2.75, 3.05) is 18.2 Å². The largest absolute Gasteiger partial charge is 0.495 e. The van der Waals surface area contributed by atoms with Gasteiger partial charge in [-0.05, 0) is 36.4 Å². The van der Waals surface area contributed by atoms with E-state index in [9.17, 15) is 0 Å². The molecule has 3 N–H and O–H groups in total. The van der Waals surface area contributed by atoms with Crippen molar-refractivity contribution in [3.8, 4) is 17.1 Å². The predicted molar refractivity (Wildman–Crippen MR) is 131 cm³/mol. The van der Waals surface area contributed by atoms with Crippen molar-refractivity contribution in [1.82, 2.24) is 29.7 Å². The van der Waals surface area contributed by atoms with E-state index in [1.54, 1.807) is 13.2 Å². The van der Waals surface area contributed by atoms with Gasteiger partial charge in [0, 0.05) is 17.1 Å². The minimum absolute atomic E-state index is 0.118. The van der Waals surface area contributed by atoms with E-state index in [4.69, 9.17) is 22.1 Å². The molecule has 11 heteroatoms. The summed E-state index contributed by atoms with van der Waals surface area (Å²) in [5.41, 5.74) is 7.56. The van der Waals surface area contributed by atoms with Crippen LogP contribution in [0, 0.1) is 0 Å². The van der Waals surface area contributed by atoms with Crippen molar-refractivity contribution in [3.05, 3.63) is 72.0 Å². The van der Waals surface area contributed by atoms with Gasteiger partial charge in [0.25, 0.3) is 0 Å². The lowest BCUT2D eigenvalue weighted by atomic mass is 10.2. The summed E-state index contributed by atoms with van der Waals surface area (Å²) in [5, 5.41) is 13.2. The lowest BCUT2D eigenvalue weighted by molar-refractivity contribution is 0.417. The van der Waals surface area contributed by atoms with Crippen LogP contribution in [0.1, 0.15) is 5.82 Å². The number of nitrogen functional groups attached to an aromatic ring is 1. The molecule has 2 aromatic carbocycles. The van der Waals surface area contributed by atoms with Crippen molar-refractivity contribution < 1.29 is 4.74 Å². The second-order valence-electron chi connectivity index (χ2n) is 6.76. The maximum Gasteiger partial charge on any atom is 0.232 e. The average Bonchev–Trinajstić information content (AvgIpc) is 3.21. The Balaban J connectivity index is 1.54. The van der Waals surface area contributed by atoms with E-state index in [1.165, 1.54) is 11.8 Å².